The summed E-state index contributed by atoms with van der Waals surface area (Å²) >= 11 is 1.45. The first-order chi connectivity index (χ1) is 13.1. The van der Waals surface area contributed by atoms with E-state index in [0.29, 0.717) is 11.5 Å². The maximum atomic E-state index is 12.3. The lowest BCUT2D eigenvalue weighted by Gasteiger charge is -2.04. The summed E-state index contributed by atoms with van der Waals surface area (Å²) in [7, 11) is 0. The number of amides is 1. The SMILES string of the molecule is Cc1ccc(-n2cc(C(=O)NCc3cc(-c4nccs4)on3)nn2)c(C)n1. The van der Waals surface area contributed by atoms with Crippen molar-refractivity contribution in [3.63, 3.8) is 0 Å². The Morgan fingerprint density at radius 3 is 3.00 bits per heavy atom. The zero-order chi connectivity index (χ0) is 18.8. The van der Waals surface area contributed by atoms with Crippen LogP contribution in [-0.2, 0) is 6.54 Å². The van der Waals surface area contributed by atoms with Crippen molar-refractivity contribution < 1.29 is 9.32 Å². The molecule has 4 heterocycles. The van der Waals surface area contributed by atoms with Crippen LogP contribution in [0.15, 0.2) is 40.5 Å². The standard InChI is InChI=1S/C17H15N7O2S/c1-10-3-4-14(11(2)20-10)24-9-13(21-23-24)16(25)19-8-12-7-15(26-22-12)17-18-5-6-27-17/h3-7,9H,8H2,1-2H3,(H,19,25). The van der Waals surface area contributed by atoms with Gasteiger partial charge in [0.25, 0.3) is 5.91 Å². The van der Waals surface area contributed by atoms with Crippen LogP contribution in [0.1, 0.15) is 27.6 Å². The van der Waals surface area contributed by atoms with Crippen LogP contribution >= 0.6 is 11.3 Å². The topological polar surface area (TPSA) is 112 Å². The molecule has 0 bridgehead atoms. The minimum atomic E-state index is -0.349. The number of aryl methyl sites for hydroxylation is 2. The highest BCUT2D eigenvalue weighted by Crippen LogP contribution is 2.22. The molecule has 9 nitrogen and oxygen atoms in total. The fraction of sp³-hybridized carbons (Fsp3) is 0.176. The molecule has 4 aromatic heterocycles. The molecule has 0 spiro atoms. The number of carbonyl (C=O) groups excluding carboxylic acids is 1. The molecular formula is C17H15N7O2S. The Morgan fingerprint density at radius 2 is 2.22 bits per heavy atom. The average molecular weight is 381 g/mol. The van der Waals surface area contributed by atoms with Gasteiger partial charge >= 0.3 is 0 Å². The molecule has 4 aromatic rings. The molecule has 10 heteroatoms. The Bertz CT molecular complexity index is 1080. The Balaban J connectivity index is 1.43. The summed E-state index contributed by atoms with van der Waals surface area (Å²) in [6.45, 7) is 4.01. The number of carbonyl (C=O) groups is 1. The number of nitrogens with zero attached hydrogens (tertiary/aromatic N) is 6. The van der Waals surface area contributed by atoms with Gasteiger partial charge in [-0.05, 0) is 26.0 Å². The van der Waals surface area contributed by atoms with E-state index in [9.17, 15) is 4.79 Å². The van der Waals surface area contributed by atoms with Gasteiger partial charge in [0.05, 0.1) is 24.1 Å². The maximum absolute atomic E-state index is 12.3. The highest BCUT2D eigenvalue weighted by atomic mass is 32.1. The molecule has 0 saturated carbocycles. The van der Waals surface area contributed by atoms with E-state index in [2.05, 4.69) is 30.8 Å². The molecule has 0 unspecified atom stereocenters. The van der Waals surface area contributed by atoms with E-state index in [-0.39, 0.29) is 18.1 Å². The molecule has 0 saturated heterocycles. The molecule has 0 radical (unpaired) electrons. The summed E-state index contributed by atoms with van der Waals surface area (Å²) < 4.78 is 6.77. The van der Waals surface area contributed by atoms with E-state index in [1.54, 1.807) is 18.5 Å². The van der Waals surface area contributed by atoms with Gasteiger partial charge in [-0.15, -0.1) is 16.4 Å². The lowest BCUT2D eigenvalue weighted by molar-refractivity contribution is 0.0945. The van der Waals surface area contributed by atoms with E-state index in [4.69, 9.17) is 4.52 Å². The van der Waals surface area contributed by atoms with Crippen molar-refractivity contribution in [1.82, 2.24) is 35.4 Å². The number of nitrogens with one attached hydrogen (secondary N) is 1. The molecule has 0 atom stereocenters. The van der Waals surface area contributed by atoms with Crippen LogP contribution in [0.3, 0.4) is 0 Å². The third-order valence-electron chi connectivity index (χ3n) is 3.80. The highest BCUT2D eigenvalue weighted by molar-refractivity contribution is 7.13. The largest absolute Gasteiger partial charge is 0.353 e. The minimum absolute atomic E-state index is 0.207. The van der Waals surface area contributed by atoms with Crippen LogP contribution in [0.5, 0.6) is 0 Å². The van der Waals surface area contributed by atoms with Gasteiger partial charge in [-0.3, -0.25) is 9.78 Å². The molecular weight excluding hydrogens is 366 g/mol. The van der Waals surface area contributed by atoms with Crippen LogP contribution in [0.25, 0.3) is 16.5 Å². The summed E-state index contributed by atoms with van der Waals surface area (Å²) in [5.41, 5.74) is 3.30. The summed E-state index contributed by atoms with van der Waals surface area (Å²) in [5.74, 6) is 0.223. The first-order valence-corrected chi connectivity index (χ1v) is 8.99. The molecule has 0 aliphatic heterocycles. The Labute approximate surface area is 158 Å². The van der Waals surface area contributed by atoms with Crippen LogP contribution in [0.2, 0.25) is 0 Å². The second-order valence-corrected chi connectivity index (χ2v) is 6.70. The number of rotatable bonds is 5. The predicted octanol–water partition coefficient (Wildman–Crippen LogP) is 2.32. The zero-order valence-electron chi connectivity index (χ0n) is 14.6. The molecule has 1 amide bonds. The summed E-state index contributed by atoms with van der Waals surface area (Å²) in [6, 6.07) is 5.52. The lowest BCUT2D eigenvalue weighted by Crippen LogP contribution is -2.23. The zero-order valence-corrected chi connectivity index (χ0v) is 15.4. The fourth-order valence-electron chi connectivity index (χ4n) is 2.51. The fourth-order valence-corrected chi connectivity index (χ4v) is 3.09. The maximum Gasteiger partial charge on any atom is 0.273 e. The van der Waals surface area contributed by atoms with E-state index in [1.165, 1.54) is 16.0 Å². The van der Waals surface area contributed by atoms with Crippen molar-refractivity contribution in [3.05, 3.63) is 58.7 Å². The van der Waals surface area contributed by atoms with Gasteiger partial charge in [0.1, 0.15) is 5.69 Å². The van der Waals surface area contributed by atoms with Crippen LogP contribution < -0.4 is 5.32 Å². The van der Waals surface area contributed by atoms with E-state index >= 15 is 0 Å². The van der Waals surface area contributed by atoms with Crippen LogP contribution in [0, 0.1) is 13.8 Å². The minimum Gasteiger partial charge on any atom is -0.353 e. The summed E-state index contributed by atoms with van der Waals surface area (Å²) in [5, 5.41) is 17.2. The number of pyridine rings is 1. The van der Waals surface area contributed by atoms with Crippen molar-refractivity contribution >= 4 is 17.2 Å². The van der Waals surface area contributed by atoms with Crippen molar-refractivity contribution in [2.45, 2.75) is 20.4 Å². The molecule has 0 aliphatic carbocycles. The van der Waals surface area contributed by atoms with Gasteiger partial charge in [0.15, 0.2) is 16.5 Å². The second-order valence-electron chi connectivity index (χ2n) is 5.81. The highest BCUT2D eigenvalue weighted by Gasteiger charge is 2.14. The number of aromatic nitrogens is 6. The number of thiazole rings is 1. The molecule has 27 heavy (non-hydrogen) atoms. The van der Waals surface area contributed by atoms with Gasteiger partial charge in [-0.1, -0.05) is 10.4 Å². The van der Waals surface area contributed by atoms with Crippen molar-refractivity contribution in [3.8, 4) is 16.5 Å². The van der Waals surface area contributed by atoms with Crippen molar-refractivity contribution in [2.24, 2.45) is 0 Å². The first-order valence-electron chi connectivity index (χ1n) is 8.11. The van der Waals surface area contributed by atoms with Crippen molar-refractivity contribution in [1.29, 1.82) is 0 Å². The Kier molecular flexibility index (Phi) is 4.47. The molecule has 136 valence electrons. The van der Waals surface area contributed by atoms with E-state index < -0.39 is 0 Å². The normalized spacial score (nSPS) is 10.9. The van der Waals surface area contributed by atoms with Crippen LogP contribution in [-0.4, -0.2) is 36.0 Å². The van der Waals surface area contributed by atoms with Gasteiger partial charge in [-0.25, -0.2) is 9.67 Å². The summed E-state index contributed by atoms with van der Waals surface area (Å²) in [4.78, 5) is 20.9. The molecule has 4 rings (SSSR count). The Morgan fingerprint density at radius 1 is 1.33 bits per heavy atom. The average Bonchev–Trinajstić information content (AvgIpc) is 3.39. The predicted molar refractivity (Wildman–Crippen MR) is 97.4 cm³/mol. The molecule has 0 aromatic carbocycles. The van der Waals surface area contributed by atoms with Crippen LogP contribution in [0.4, 0.5) is 0 Å². The van der Waals surface area contributed by atoms with Crippen molar-refractivity contribution in [2.75, 3.05) is 0 Å². The van der Waals surface area contributed by atoms with E-state index in [0.717, 1.165) is 22.1 Å². The third kappa shape index (κ3) is 3.60. The molecule has 0 aliphatic rings. The monoisotopic (exact) mass is 381 g/mol. The number of hydrogen-bond acceptors (Lipinski definition) is 8. The first kappa shape index (κ1) is 17.0. The Hall–Kier alpha value is -3.40. The van der Waals surface area contributed by atoms with Gasteiger partial charge < -0.3 is 9.84 Å². The summed E-state index contributed by atoms with van der Waals surface area (Å²) in [6.07, 6.45) is 3.26. The lowest BCUT2D eigenvalue weighted by atomic mass is 10.3. The second kappa shape index (κ2) is 7.08. The molecule has 0 fully saturated rings. The third-order valence-corrected chi connectivity index (χ3v) is 4.59. The molecule has 1 N–H and O–H groups in total. The van der Waals surface area contributed by atoms with Gasteiger partial charge in [0, 0.05) is 23.3 Å². The quantitative estimate of drug-likeness (QED) is 0.564. The van der Waals surface area contributed by atoms with Gasteiger partial charge in [-0.2, -0.15) is 0 Å². The number of hydrogen-bond donors (Lipinski definition) is 1. The van der Waals surface area contributed by atoms with Gasteiger partial charge in [0.2, 0.25) is 0 Å². The van der Waals surface area contributed by atoms with E-state index in [1.807, 2.05) is 31.4 Å². The smallest absolute Gasteiger partial charge is 0.273 e.